The normalized spacial score (nSPS) is 10.4. The van der Waals surface area contributed by atoms with Crippen molar-refractivity contribution in [1.82, 2.24) is 0 Å². The molecule has 0 aliphatic carbocycles. The number of rotatable bonds is 5. The van der Waals surface area contributed by atoms with Crippen molar-refractivity contribution in [2.24, 2.45) is 0 Å². The van der Waals surface area contributed by atoms with Crippen molar-refractivity contribution in [2.45, 2.75) is 6.92 Å². The van der Waals surface area contributed by atoms with Gasteiger partial charge >= 0.3 is 0 Å². The molecule has 0 aromatic heterocycles. The Kier molecular flexibility index (Phi) is 5.12. The van der Waals surface area contributed by atoms with Crippen LogP contribution in [0.1, 0.15) is 6.92 Å². The summed E-state index contributed by atoms with van der Waals surface area (Å²) >= 11 is 0. The van der Waals surface area contributed by atoms with E-state index in [0.717, 1.165) is 10.8 Å². The third-order valence-electron chi connectivity index (χ3n) is 3.65. The molecule has 0 bridgehead atoms. The van der Waals surface area contributed by atoms with Gasteiger partial charge in [0.1, 0.15) is 11.6 Å². The van der Waals surface area contributed by atoms with Crippen LogP contribution in [0.15, 0.2) is 60.7 Å². The van der Waals surface area contributed by atoms with Crippen LogP contribution in [0.25, 0.3) is 10.8 Å². The van der Waals surface area contributed by atoms with Gasteiger partial charge in [0.2, 0.25) is 5.91 Å². The maximum absolute atomic E-state index is 13.6. The number of fused-ring (bicyclic) bond motifs is 1. The first kappa shape index (κ1) is 17.4. The molecule has 0 radical (unpaired) electrons. The highest BCUT2D eigenvalue weighted by Gasteiger charge is 2.08. The van der Waals surface area contributed by atoms with Gasteiger partial charge in [-0.15, -0.1) is 0 Å². The highest BCUT2D eigenvalue weighted by molar-refractivity contribution is 5.94. The molecule has 3 rings (SSSR count). The summed E-state index contributed by atoms with van der Waals surface area (Å²) in [6.07, 6.45) is 0. The van der Waals surface area contributed by atoms with Gasteiger partial charge in [-0.2, -0.15) is 0 Å². The van der Waals surface area contributed by atoms with E-state index in [-0.39, 0.29) is 12.3 Å². The van der Waals surface area contributed by atoms with Gasteiger partial charge < -0.3 is 15.4 Å². The summed E-state index contributed by atoms with van der Waals surface area (Å²) in [4.78, 5) is 23.1. The Morgan fingerprint density at radius 1 is 0.962 bits per heavy atom. The zero-order valence-electron chi connectivity index (χ0n) is 14.1. The lowest BCUT2D eigenvalue weighted by molar-refractivity contribution is -0.118. The fourth-order valence-electron chi connectivity index (χ4n) is 2.49. The SMILES string of the molecule is CC(=O)Nc1cc(NC(=O)COc2ccc3ccccc3c2)ccc1F. The summed E-state index contributed by atoms with van der Waals surface area (Å²) in [7, 11) is 0. The number of benzene rings is 3. The molecule has 0 heterocycles. The third kappa shape index (κ3) is 4.36. The van der Waals surface area contributed by atoms with E-state index in [9.17, 15) is 14.0 Å². The van der Waals surface area contributed by atoms with Crippen molar-refractivity contribution in [1.29, 1.82) is 0 Å². The average molecular weight is 352 g/mol. The van der Waals surface area contributed by atoms with E-state index in [0.29, 0.717) is 11.4 Å². The highest BCUT2D eigenvalue weighted by Crippen LogP contribution is 2.21. The van der Waals surface area contributed by atoms with Crippen LogP contribution >= 0.6 is 0 Å². The van der Waals surface area contributed by atoms with E-state index in [2.05, 4.69) is 10.6 Å². The molecule has 26 heavy (non-hydrogen) atoms. The summed E-state index contributed by atoms with van der Waals surface area (Å²) < 4.78 is 19.1. The van der Waals surface area contributed by atoms with E-state index in [1.807, 2.05) is 36.4 Å². The fraction of sp³-hybridized carbons (Fsp3) is 0.100. The molecule has 0 aliphatic rings. The first-order valence-corrected chi connectivity index (χ1v) is 8.00. The Labute approximate surface area is 149 Å². The summed E-state index contributed by atoms with van der Waals surface area (Å²) in [5.41, 5.74) is 0.369. The summed E-state index contributed by atoms with van der Waals surface area (Å²) in [6.45, 7) is 1.09. The lowest BCUT2D eigenvalue weighted by Crippen LogP contribution is -2.20. The number of hydrogen-bond acceptors (Lipinski definition) is 3. The van der Waals surface area contributed by atoms with Crippen molar-refractivity contribution in [3.63, 3.8) is 0 Å². The number of halogens is 1. The molecule has 5 nitrogen and oxygen atoms in total. The van der Waals surface area contributed by atoms with Crippen LogP contribution in [0.2, 0.25) is 0 Å². The van der Waals surface area contributed by atoms with Crippen LogP contribution in [0.5, 0.6) is 5.75 Å². The zero-order chi connectivity index (χ0) is 18.5. The molecule has 0 unspecified atom stereocenters. The lowest BCUT2D eigenvalue weighted by Gasteiger charge is -2.10. The molecule has 0 fully saturated rings. The summed E-state index contributed by atoms with van der Waals surface area (Å²) in [6, 6.07) is 17.3. The maximum Gasteiger partial charge on any atom is 0.262 e. The van der Waals surface area contributed by atoms with E-state index < -0.39 is 17.6 Å². The van der Waals surface area contributed by atoms with Gasteiger partial charge in [0.15, 0.2) is 6.61 Å². The number of nitrogens with one attached hydrogen (secondary N) is 2. The fourth-order valence-corrected chi connectivity index (χ4v) is 2.49. The van der Waals surface area contributed by atoms with Gasteiger partial charge in [-0.05, 0) is 41.1 Å². The second kappa shape index (κ2) is 7.65. The van der Waals surface area contributed by atoms with Gasteiger partial charge in [0.05, 0.1) is 5.69 Å². The molecule has 3 aromatic rings. The quantitative estimate of drug-likeness (QED) is 0.730. The minimum atomic E-state index is -0.578. The second-order valence-electron chi connectivity index (χ2n) is 5.72. The van der Waals surface area contributed by atoms with E-state index in [1.165, 1.54) is 25.1 Å². The third-order valence-corrected chi connectivity index (χ3v) is 3.65. The molecule has 0 aliphatic heterocycles. The Balaban J connectivity index is 1.62. The van der Waals surface area contributed by atoms with E-state index >= 15 is 0 Å². The molecule has 3 aromatic carbocycles. The highest BCUT2D eigenvalue weighted by atomic mass is 19.1. The molecule has 6 heteroatoms. The Morgan fingerprint density at radius 2 is 1.73 bits per heavy atom. The number of hydrogen-bond donors (Lipinski definition) is 2. The molecule has 0 saturated heterocycles. The molecule has 2 N–H and O–H groups in total. The van der Waals surface area contributed by atoms with Crippen molar-refractivity contribution >= 4 is 34.0 Å². The molecule has 0 spiro atoms. The predicted octanol–water partition coefficient (Wildman–Crippen LogP) is 3.95. The van der Waals surface area contributed by atoms with Crippen LogP contribution < -0.4 is 15.4 Å². The van der Waals surface area contributed by atoms with E-state index in [4.69, 9.17) is 4.74 Å². The minimum absolute atomic E-state index is 0.00532. The number of amides is 2. The molecular formula is C20H17FN2O3. The Morgan fingerprint density at radius 3 is 2.50 bits per heavy atom. The minimum Gasteiger partial charge on any atom is -0.484 e. The van der Waals surface area contributed by atoms with Crippen molar-refractivity contribution < 1.29 is 18.7 Å². The zero-order valence-corrected chi connectivity index (χ0v) is 14.1. The van der Waals surface area contributed by atoms with Crippen LogP contribution in [0.4, 0.5) is 15.8 Å². The average Bonchev–Trinajstić information content (AvgIpc) is 2.62. The number of carbonyl (C=O) groups is 2. The smallest absolute Gasteiger partial charge is 0.262 e. The van der Waals surface area contributed by atoms with Crippen LogP contribution in [0, 0.1) is 5.82 Å². The molecule has 0 saturated carbocycles. The number of ether oxygens (including phenoxy) is 1. The number of anilines is 2. The first-order valence-electron chi connectivity index (χ1n) is 8.00. The van der Waals surface area contributed by atoms with Crippen LogP contribution in [-0.4, -0.2) is 18.4 Å². The Bertz CT molecular complexity index is 972. The van der Waals surface area contributed by atoms with Gasteiger partial charge in [0, 0.05) is 12.6 Å². The number of carbonyl (C=O) groups excluding carboxylic acids is 2. The molecule has 0 atom stereocenters. The van der Waals surface area contributed by atoms with Gasteiger partial charge in [0.25, 0.3) is 5.91 Å². The van der Waals surface area contributed by atoms with E-state index in [1.54, 1.807) is 6.07 Å². The predicted molar refractivity (Wildman–Crippen MR) is 98.8 cm³/mol. The summed E-state index contributed by atoms with van der Waals surface area (Å²) in [5.74, 6) is -0.784. The lowest BCUT2D eigenvalue weighted by atomic mass is 10.1. The molecular weight excluding hydrogens is 335 g/mol. The topological polar surface area (TPSA) is 67.4 Å². The Hall–Kier alpha value is -3.41. The van der Waals surface area contributed by atoms with Crippen molar-refractivity contribution in [2.75, 3.05) is 17.2 Å². The summed E-state index contributed by atoms with van der Waals surface area (Å²) in [5, 5.41) is 7.08. The maximum atomic E-state index is 13.6. The molecule has 2 amide bonds. The van der Waals surface area contributed by atoms with Crippen molar-refractivity contribution in [3.05, 3.63) is 66.5 Å². The largest absolute Gasteiger partial charge is 0.484 e. The first-order chi connectivity index (χ1) is 12.5. The van der Waals surface area contributed by atoms with Gasteiger partial charge in [-0.1, -0.05) is 30.3 Å². The van der Waals surface area contributed by atoms with Gasteiger partial charge in [-0.25, -0.2) is 4.39 Å². The van der Waals surface area contributed by atoms with Crippen LogP contribution in [-0.2, 0) is 9.59 Å². The second-order valence-corrected chi connectivity index (χ2v) is 5.72. The van der Waals surface area contributed by atoms with Crippen LogP contribution in [0.3, 0.4) is 0 Å². The van der Waals surface area contributed by atoms with Gasteiger partial charge in [-0.3, -0.25) is 9.59 Å². The monoisotopic (exact) mass is 352 g/mol. The van der Waals surface area contributed by atoms with Crippen molar-refractivity contribution in [3.8, 4) is 5.75 Å². The standard InChI is InChI=1S/C20H17FN2O3/c1-13(24)22-19-11-16(7-9-18(19)21)23-20(25)12-26-17-8-6-14-4-2-3-5-15(14)10-17/h2-11H,12H2,1H3,(H,22,24)(H,23,25). The molecule has 132 valence electrons.